The summed E-state index contributed by atoms with van der Waals surface area (Å²) in [6, 6.07) is 13.0. The Labute approximate surface area is 151 Å². The highest BCUT2D eigenvalue weighted by Crippen LogP contribution is 2.29. The van der Waals surface area contributed by atoms with Gasteiger partial charge in [-0.3, -0.25) is 4.79 Å². The third-order valence-corrected chi connectivity index (χ3v) is 4.11. The molecule has 7 nitrogen and oxygen atoms in total. The predicted octanol–water partition coefficient (Wildman–Crippen LogP) is 3.15. The second kappa shape index (κ2) is 7.26. The van der Waals surface area contributed by atoms with Gasteiger partial charge in [-0.1, -0.05) is 23.4 Å². The molecule has 26 heavy (non-hydrogen) atoms. The average molecular weight is 352 g/mol. The first-order valence-electron chi connectivity index (χ1n) is 8.07. The number of rotatable bonds is 5. The van der Waals surface area contributed by atoms with Crippen molar-refractivity contribution >= 4 is 11.6 Å². The van der Waals surface area contributed by atoms with E-state index in [1.165, 1.54) is 7.11 Å². The van der Waals surface area contributed by atoms with Gasteiger partial charge < -0.3 is 14.8 Å². The minimum atomic E-state index is -0.356. The van der Waals surface area contributed by atoms with Crippen LogP contribution in [0.4, 0.5) is 5.69 Å². The van der Waals surface area contributed by atoms with Crippen LogP contribution in [0.5, 0.6) is 11.5 Å². The third-order valence-electron chi connectivity index (χ3n) is 4.11. The maximum absolute atomic E-state index is 12.7. The molecular weight excluding hydrogens is 332 g/mol. The van der Waals surface area contributed by atoms with E-state index in [9.17, 15) is 4.79 Å². The third kappa shape index (κ3) is 3.23. The SMILES string of the molecule is COc1ccc(NC(=O)c2nnn(-c3ccccc3C)c2C)c(OC)c1. The molecule has 1 aromatic heterocycles. The van der Waals surface area contributed by atoms with E-state index in [2.05, 4.69) is 15.6 Å². The van der Waals surface area contributed by atoms with Gasteiger partial charge in [0.1, 0.15) is 11.5 Å². The first kappa shape index (κ1) is 17.5. The summed E-state index contributed by atoms with van der Waals surface area (Å²) in [4.78, 5) is 12.7. The molecule has 0 bridgehead atoms. The molecule has 0 atom stereocenters. The number of methoxy groups -OCH3 is 2. The number of anilines is 1. The van der Waals surface area contributed by atoms with Gasteiger partial charge in [0, 0.05) is 6.07 Å². The van der Waals surface area contributed by atoms with Crippen LogP contribution >= 0.6 is 0 Å². The zero-order valence-electron chi connectivity index (χ0n) is 15.1. The predicted molar refractivity (Wildman–Crippen MR) is 98.3 cm³/mol. The van der Waals surface area contributed by atoms with Crippen molar-refractivity contribution < 1.29 is 14.3 Å². The molecule has 3 aromatic rings. The van der Waals surface area contributed by atoms with Crippen molar-refractivity contribution in [3.8, 4) is 17.2 Å². The Morgan fingerprint density at radius 1 is 1.08 bits per heavy atom. The minimum absolute atomic E-state index is 0.256. The van der Waals surface area contributed by atoms with Crippen LogP contribution in [0.2, 0.25) is 0 Å². The van der Waals surface area contributed by atoms with E-state index in [1.54, 1.807) is 30.0 Å². The molecule has 0 aliphatic heterocycles. The van der Waals surface area contributed by atoms with Crippen molar-refractivity contribution in [3.63, 3.8) is 0 Å². The van der Waals surface area contributed by atoms with E-state index in [4.69, 9.17) is 9.47 Å². The molecule has 134 valence electrons. The molecule has 0 aliphatic carbocycles. The Hall–Kier alpha value is -3.35. The van der Waals surface area contributed by atoms with Crippen molar-refractivity contribution in [2.24, 2.45) is 0 Å². The van der Waals surface area contributed by atoms with Crippen LogP contribution in [0.1, 0.15) is 21.7 Å². The van der Waals surface area contributed by atoms with E-state index in [-0.39, 0.29) is 11.6 Å². The summed E-state index contributed by atoms with van der Waals surface area (Å²) in [5, 5.41) is 11.0. The Morgan fingerprint density at radius 2 is 1.85 bits per heavy atom. The van der Waals surface area contributed by atoms with Crippen LogP contribution in [0, 0.1) is 13.8 Å². The number of aryl methyl sites for hydroxylation is 1. The number of amides is 1. The highest BCUT2D eigenvalue weighted by atomic mass is 16.5. The monoisotopic (exact) mass is 352 g/mol. The standard InChI is InChI=1S/C19H20N4O3/c1-12-7-5-6-8-16(12)23-13(2)18(21-22-23)19(24)20-15-10-9-14(25-3)11-17(15)26-4/h5-11H,1-4H3,(H,20,24). The van der Waals surface area contributed by atoms with Gasteiger partial charge in [-0.2, -0.15) is 0 Å². The van der Waals surface area contributed by atoms with E-state index in [0.717, 1.165) is 11.3 Å². The average Bonchev–Trinajstić information content (AvgIpc) is 3.03. The fourth-order valence-electron chi connectivity index (χ4n) is 2.65. The normalized spacial score (nSPS) is 10.5. The van der Waals surface area contributed by atoms with Gasteiger partial charge in [-0.25, -0.2) is 4.68 Å². The molecule has 2 aromatic carbocycles. The Morgan fingerprint density at radius 3 is 2.54 bits per heavy atom. The summed E-state index contributed by atoms with van der Waals surface area (Å²) in [7, 11) is 3.10. The number of carbonyl (C=O) groups is 1. The minimum Gasteiger partial charge on any atom is -0.497 e. The van der Waals surface area contributed by atoms with Crippen molar-refractivity contribution in [2.45, 2.75) is 13.8 Å². The lowest BCUT2D eigenvalue weighted by Gasteiger charge is -2.11. The summed E-state index contributed by atoms with van der Waals surface area (Å²) in [6.07, 6.45) is 0. The number of hydrogen-bond donors (Lipinski definition) is 1. The van der Waals surface area contributed by atoms with E-state index in [0.29, 0.717) is 22.9 Å². The van der Waals surface area contributed by atoms with Crippen molar-refractivity contribution in [1.29, 1.82) is 0 Å². The van der Waals surface area contributed by atoms with Gasteiger partial charge >= 0.3 is 0 Å². The number of carbonyl (C=O) groups excluding carboxylic acids is 1. The van der Waals surface area contributed by atoms with Crippen LogP contribution in [-0.4, -0.2) is 35.1 Å². The molecule has 1 amide bonds. The molecule has 0 saturated heterocycles. The molecule has 1 N–H and O–H groups in total. The van der Waals surface area contributed by atoms with Gasteiger partial charge in [0.15, 0.2) is 5.69 Å². The van der Waals surface area contributed by atoms with Crippen molar-refractivity contribution in [3.05, 3.63) is 59.4 Å². The Balaban J connectivity index is 1.89. The van der Waals surface area contributed by atoms with E-state index in [1.807, 2.05) is 38.1 Å². The first-order valence-corrected chi connectivity index (χ1v) is 8.07. The van der Waals surface area contributed by atoms with E-state index >= 15 is 0 Å². The molecule has 0 aliphatic rings. The van der Waals surface area contributed by atoms with Crippen LogP contribution in [0.3, 0.4) is 0 Å². The number of hydrogen-bond acceptors (Lipinski definition) is 5. The molecule has 0 saturated carbocycles. The molecule has 7 heteroatoms. The van der Waals surface area contributed by atoms with Crippen molar-refractivity contribution in [2.75, 3.05) is 19.5 Å². The maximum atomic E-state index is 12.7. The summed E-state index contributed by atoms with van der Waals surface area (Å²) in [5.74, 6) is 0.786. The molecule has 1 heterocycles. The Kier molecular flexibility index (Phi) is 4.88. The summed E-state index contributed by atoms with van der Waals surface area (Å²) in [6.45, 7) is 3.80. The zero-order chi connectivity index (χ0) is 18.7. The fourth-order valence-corrected chi connectivity index (χ4v) is 2.65. The number of aromatic nitrogens is 3. The Bertz CT molecular complexity index is 950. The second-order valence-electron chi connectivity index (χ2n) is 5.74. The van der Waals surface area contributed by atoms with Crippen LogP contribution < -0.4 is 14.8 Å². The largest absolute Gasteiger partial charge is 0.497 e. The van der Waals surface area contributed by atoms with Gasteiger partial charge in [0.25, 0.3) is 5.91 Å². The highest BCUT2D eigenvalue weighted by molar-refractivity contribution is 6.04. The molecule has 3 rings (SSSR count). The second-order valence-corrected chi connectivity index (χ2v) is 5.74. The molecule has 0 fully saturated rings. The fraction of sp³-hybridized carbons (Fsp3) is 0.211. The number of nitrogens with one attached hydrogen (secondary N) is 1. The quantitative estimate of drug-likeness (QED) is 0.763. The lowest BCUT2D eigenvalue weighted by molar-refractivity contribution is 0.102. The number of ether oxygens (including phenoxy) is 2. The van der Waals surface area contributed by atoms with Crippen LogP contribution in [0.15, 0.2) is 42.5 Å². The lowest BCUT2D eigenvalue weighted by Crippen LogP contribution is -2.15. The van der Waals surface area contributed by atoms with E-state index < -0.39 is 0 Å². The molecule has 0 radical (unpaired) electrons. The number of benzene rings is 2. The molecule has 0 unspecified atom stereocenters. The molecular formula is C19H20N4O3. The van der Waals surface area contributed by atoms with Gasteiger partial charge in [0.2, 0.25) is 0 Å². The summed E-state index contributed by atoms with van der Waals surface area (Å²) < 4.78 is 12.1. The maximum Gasteiger partial charge on any atom is 0.278 e. The van der Waals surface area contributed by atoms with Crippen LogP contribution in [0.25, 0.3) is 5.69 Å². The number of para-hydroxylation sites is 1. The first-order chi connectivity index (χ1) is 12.5. The lowest BCUT2D eigenvalue weighted by atomic mass is 10.2. The number of nitrogens with zero attached hydrogens (tertiary/aromatic N) is 3. The van der Waals surface area contributed by atoms with Crippen molar-refractivity contribution in [1.82, 2.24) is 15.0 Å². The molecule has 0 spiro atoms. The highest BCUT2D eigenvalue weighted by Gasteiger charge is 2.19. The summed E-state index contributed by atoms with van der Waals surface area (Å²) in [5.41, 5.74) is 3.38. The van der Waals surface area contributed by atoms with Gasteiger partial charge in [0.05, 0.1) is 31.3 Å². The zero-order valence-corrected chi connectivity index (χ0v) is 15.1. The van der Waals surface area contributed by atoms with Gasteiger partial charge in [-0.05, 0) is 37.6 Å². The summed E-state index contributed by atoms with van der Waals surface area (Å²) >= 11 is 0. The smallest absolute Gasteiger partial charge is 0.278 e. The topological polar surface area (TPSA) is 78.3 Å². The van der Waals surface area contributed by atoms with Crippen LogP contribution in [-0.2, 0) is 0 Å². The van der Waals surface area contributed by atoms with Gasteiger partial charge in [-0.15, -0.1) is 5.10 Å².